The maximum Gasteiger partial charge on any atom is 0.222 e. The number of hydrogen-bond acceptors (Lipinski definition) is 5. The van der Waals surface area contributed by atoms with Crippen molar-refractivity contribution in [2.24, 2.45) is 0 Å². The van der Waals surface area contributed by atoms with E-state index in [1.807, 2.05) is 0 Å². The fourth-order valence-electron chi connectivity index (χ4n) is 11.0. The summed E-state index contributed by atoms with van der Waals surface area (Å²) in [5.74, 6) is 0.766. The van der Waals surface area contributed by atoms with Crippen molar-refractivity contribution in [2.75, 3.05) is 39.3 Å². The van der Waals surface area contributed by atoms with Crippen molar-refractivity contribution in [1.82, 2.24) is 14.7 Å². The highest BCUT2D eigenvalue weighted by atomic mass is 16.3. The molecule has 7 heteroatoms. The molecule has 7 nitrogen and oxygen atoms in total. The van der Waals surface area contributed by atoms with E-state index in [1.165, 1.54) is 180 Å². The first-order chi connectivity index (χ1) is 33.9. The third-order valence-corrected chi connectivity index (χ3v) is 15.8. The van der Waals surface area contributed by atoms with Crippen LogP contribution >= 0.6 is 0 Å². The van der Waals surface area contributed by atoms with Crippen molar-refractivity contribution >= 4 is 11.8 Å². The van der Waals surface area contributed by atoms with Crippen LogP contribution in [0.1, 0.15) is 329 Å². The lowest BCUT2D eigenvalue weighted by molar-refractivity contribution is -0.132. The summed E-state index contributed by atoms with van der Waals surface area (Å²) in [5.41, 5.74) is 0. The molecular weight excluding hydrogens is 851 g/mol. The number of amides is 2. The molecule has 0 unspecified atom stereocenters. The van der Waals surface area contributed by atoms with E-state index in [4.69, 9.17) is 0 Å². The van der Waals surface area contributed by atoms with Gasteiger partial charge in [0.25, 0.3) is 0 Å². The van der Waals surface area contributed by atoms with Crippen LogP contribution in [0.2, 0.25) is 0 Å². The molecule has 0 aromatic rings. The molecule has 0 radical (unpaired) electrons. The SMILES string of the molecule is CCCCCCCCCCN(CCCCCCCCCC)C(=O)CCCCCCCN(CCCCCCCC(=O)N(CCCCCCCCCC)CCCCCCCCCC)[C@H]1CCC[C@@H](O)[C@H]1O. The normalized spacial score (nSPS) is 16.2. The van der Waals surface area contributed by atoms with E-state index < -0.39 is 12.2 Å². The number of carbonyl (C=O) groups is 2. The van der Waals surface area contributed by atoms with E-state index in [0.717, 1.165) is 142 Å². The summed E-state index contributed by atoms with van der Waals surface area (Å²) in [6.45, 7) is 14.8. The molecule has 0 aromatic carbocycles. The molecule has 410 valence electrons. The number of rotatable bonds is 53. The predicted molar refractivity (Wildman–Crippen MR) is 300 cm³/mol. The zero-order chi connectivity index (χ0) is 50.1. The Morgan fingerprint density at radius 1 is 0.333 bits per heavy atom. The predicted octanol–water partition coefficient (Wildman–Crippen LogP) is 17.5. The fraction of sp³-hybridized carbons (Fsp3) is 0.968. The van der Waals surface area contributed by atoms with Crippen molar-refractivity contribution in [3.63, 3.8) is 0 Å². The molecule has 2 amide bonds. The molecule has 0 aliphatic heterocycles. The van der Waals surface area contributed by atoms with Gasteiger partial charge in [-0.05, 0) is 83.7 Å². The molecule has 1 saturated carbocycles. The highest BCUT2D eigenvalue weighted by Gasteiger charge is 2.34. The van der Waals surface area contributed by atoms with E-state index in [9.17, 15) is 19.8 Å². The Kier molecular flexibility index (Phi) is 48.0. The van der Waals surface area contributed by atoms with Crippen LogP contribution < -0.4 is 0 Å². The smallest absolute Gasteiger partial charge is 0.222 e. The van der Waals surface area contributed by atoms with E-state index in [2.05, 4.69) is 42.4 Å². The lowest BCUT2D eigenvalue weighted by atomic mass is 9.88. The number of aliphatic hydroxyl groups is 2. The molecule has 1 rings (SSSR count). The molecule has 3 atom stereocenters. The van der Waals surface area contributed by atoms with Crippen LogP contribution in [0, 0.1) is 0 Å². The molecule has 0 heterocycles. The number of carbonyl (C=O) groups excluding carboxylic acids is 2. The molecule has 1 aliphatic carbocycles. The van der Waals surface area contributed by atoms with Gasteiger partial charge in [0.2, 0.25) is 11.8 Å². The standard InChI is InChI=1S/C62H123N3O4/c1-5-9-13-17-21-25-33-43-54-64(55-44-34-26-22-18-14-10-6-2)60(67)50-39-31-29-37-41-52-63(58-48-47-49-59(66)62(58)69)53-42-38-30-32-40-51-61(68)65(56-45-35-27-23-19-15-11-7-3)57-46-36-28-24-20-16-12-8-4/h58-59,62,66,69H,5-57H2,1-4H3/t58-,59+,62-/m0/s1. The quantitative estimate of drug-likeness (QED) is 0.0593. The Morgan fingerprint density at radius 3 is 0.870 bits per heavy atom. The largest absolute Gasteiger partial charge is 0.390 e. The molecule has 69 heavy (non-hydrogen) atoms. The third-order valence-electron chi connectivity index (χ3n) is 15.8. The van der Waals surface area contributed by atoms with Gasteiger partial charge in [-0.25, -0.2) is 0 Å². The monoisotopic (exact) mass is 974 g/mol. The van der Waals surface area contributed by atoms with Crippen LogP contribution in [0.3, 0.4) is 0 Å². The number of aliphatic hydroxyl groups excluding tert-OH is 2. The van der Waals surface area contributed by atoms with Crippen LogP contribution in [0.4, 0.5) is 0 Å². The van der Waals surface area contributed by atoms with Crippen LogP contribution in [0.25, 0.3) is 0 Å². The summed E-state index contributed by atoms with van der Waals surface area (Å²) in [5, 5.41) is 21.7. The third kappa shape index (κ3) is 39.0. The van der Waals surface area contributed by atoms with Gasteiger partial charge in [0.15, 0.2) is 0 Å². The van der Waals surface area contributed by atoms with Gasteiger partial charge < -0.3 is 20.0 Å². The maximum absolute atomic E-state index is 13.5. The lowest BCUT2D eigenvalue weighted by Gasteiger charge is -2.40. The molecule has 0 saturated heterocycles. The Bertz CT molecular complexity index is 980. The Hall–Kier alpha value is -1.18. The van der Waals surface area contributed by atoms with Gasteiger partial charge >= 0.3 is 0 Å². The van der Waals surface area contributed by atoms with Crippen molar-refractivity contribution in [1.29, 1.82) is 0 Å². The van der Waals surface area contributed by atoms with Gasteiger partial charge in [-0.3, -0.25) is 14.5 Å². The second-order valence-corrected chi connectivity index (χ2v) is 22.3. The Labute approximate surface area is 431 Å². The van der Waals surface area contributed by atoms with Gasteiger partial charge in [-0.2, -0.15) is 0 Å². The van der Waals surface area contributed by atoms with E-state index in [1.54, 1.807) is 0 Å². The number of unbranched alkanes of at least 4 members (excludes halogenated alkanes) is 36. The highest BCUT2D eigenvalue weighted by molar-refractivity contribution is 5.76. The lowest BCUT2D eigenvalue weighted by Crippen LogP contribution is -2.51. The van der Waals surface area contributed by atoms with Crippen LogP contribution in [-0.4, -0.2) is 94.2 Å². The number of hydrogen-bond donors (Lipinski definition) is 2. The van der Waals surface area contributed by atoms with Crippen LogP contribution in [-0.2, 0) is 9.59 Å². The Balaban J connectivity index is 2.50. The highest BCUT2D eigenvalue weighted by Crippen LogP contribution is 2.26. The first-order valence-electron chi connectivity index (χ1n) is 31.5. The second kappa shape index (κ2) is 50.4. The molecule has 0 bridgehead atoms. The van der Waals surface area contributed by atoms with Crippen LogP contribution in [0.5, 0.6) is 0 Å². The summed E-state index contributed by atoms with van der Waals surface area (Å²) in [6.07, 6.45) is 55.6. The zero-order valence-electron chi connectivity index (χ0n) is 47.3. The summed E-state index contributed by atoms with van der Waals surface area (Å²) in [7, 11) is 0. The Morgan fingerprint density at radius 2 is 0.580 bits per heavy atom. The molecular formula is C62H123N3O4. The molecule has 0 spiro atoms. The minimum absolute atomic E-state index is 0.0465. The fourth-order valence-corrected chi connectivity index (χ4v) is 11.0. The molecule has 1 aliphatic rings. The number of nitrogens with zero attached hydrogens (tertiary/aromatic N) is 3. The van der Waals surface area contributed by atoms with Crippen molar-refractivity contribution in [3.8, 4) is 0 Å². The summed E-state index contributed by atoms with van der Waals surface area (Å²) in [6, 6.07) is 0.0465. The van der Waals surface area contributed by atoms with Crippen molar-refractivity contribution < 1.29 is 19.8 Å². The van der Waals surface area contributed by atoms with Gasteiger partial charge in [-0.15, -0.1) is 0 Å². The first-order valence-corrected chi connectivity index (χ1v) is 31.5. The van der Waals surface area contributed by atoms with Gasteiger partial charge in [0, 0.05) is 45.1 Å². The van der Waals surface area contributed by atoms with Crippen molar-refractivity contribution in [3.05, 3.63) is 0 Å². The summed E-state index contributed by atoms with van der Waals surface area (Å²) >= 11 is 0. The van der Waals surface area contributed by atoms with Gasteiger partial charge in [0.1, 0.15) is 0 Å². The van der Waals surface area contributed by atoms with Gasteiger partial charge in [0.05, 0.1) is 12.2 Å². The minimum Gasteiger partial charge on any atom is -0.390 e. The van der Waals surface area contributed by atoms with Crippen LogP contribution in [0.15, 0.2) is 0 Å². The zero-order valence-corrected chi connectivity index (χ0v) is 47.3. The van der Waals surface area contributed by atoms with Gasteiger partial charge in [-0.1, -0.05) is 246 Å². The minimum atomic E-state index is -0.658. The van der Waals surface area contributed by atoms with E-state index in [-0.39, 0.29) is 6.04 Å². The topological polar surface area (TPSA) is 84.3 Å². The summed E-state index contributed by atoms with van der Waals surface area (Å²) in [4.78, 5) is 33.9. The van der Waals surface area contributed by atoms with Crippen molar-refractivity contribution in [2.45, 2.75) is 348 Å². The maximum atomic E-state index is 13.5. The molecule has 1 fully saturated rings. The first kappa shape index (κ1) is 65.8. The average Bonchev–Trinajstić information content (AvgIpc) is 3.35. The summed E-state index contributed by atoms with van der Waals surface area (Å²) < 4.78 is 0. The van der Waals surface area contributed by atoms with E-state index in [0.29, 0.717) is 31.1 Å². The molecule has 2 N–H and O–H groups in total. The average molecular weight is 975 g/mol. The second-order valence-electron chi connectivity index (χ2n) is 22.3. The van der Waals surface area contributed by atoms with E-state index >= 15 is 0 Å². The molecule has 0 aromatic heterocycles.